The molecule has 1 amide bonds. The second kappa shape index (κ2) is 7.87. The van der Waals surface area contributed by atoms with Crippen molar-refractivity contribution in [3.63, 3.8) is 0 Å². The van der Waals surface area contributed by atoms with E-state index in [1.165, 1.54) is 12.1 Å². The van der Waals surface area contributed by atoms with E-state index in [4.69, 9.17) is 0 Å². The van der Waals surface area contributed by atoms with E-state index in [9.17, 15) is 18.0 Å². The number of nitrogens with zero attached hydrogens (tertiary/aromatic N) is 2. The number of aromatic nitrogens is 2. The molecule has 1 heterocycles. The lowest BCUT2D eigenvalue weighted by molar-refractivity contribution is -0.137. The molecule has 0 saturated heterocycles. The molecular formula is C23H16F3N3O. The first-order chi connectivity index (χ1) is 14.4. The van der Waals surface area contributed by atoms with Crippen LogP contribution < -0.4 is 5.32 Å². The molecule has 7 heteroatoms. The fourth-order valence-electron chi connectivity index (χ4n) is 3.00. The van der Waals surface area contributed by atoms with Crippen LogP contribution in [-0.4, -0.2) is 15.7 Å². The van der Waals surface area contributed by atoms with Crippen LogP contribution in [-0.2, 0) is 6.18 Å². The third-order valence-corrected chi connectivity index (χ3v) is 4.50. The highest BCUT2D eigenvalue weighted by Crippen LogP contribution is 2.30. The Kier molecular flexibility index (Phi) is 5.10. The van der Waals surface area contributed by atoms with Crippen LogP contribution >= 0.6 is 0 Å². The minimum absolute atomic E-state index is 0.263. The summed E-state index contributed by atoms with van der Waals surface area (Å²) < 4.78 is 39.9. The number of hydrogen-bond acceptors (Lipinski definition) is 2. The van der Waals surface area contributed by atoms with Crippen molar-refractivity contribution in [2.24, 2.45) is 0 Å². The summed E-state index contributed by atoms with van der Waals surface area (Å²) in [6.45, 7) is 0. The van der Waals surface area contributed by atoms with Crippen LogP contribution in [0.2, 0.25) is 0 Å². The zero-order valence-corrected chi connectivity index (χ0v) is 15.6. The van der Waals surface area contributed by atoms with Crippen LogP contribution in [0.1, 0.15) is 15.9 Å². The van der Waals surface area contributed by atoms with Crippen LogP contribution in [0.25, 0.3) is 16.9 Å². The number of carbonyl (C=O) groups excluding carboxylic acids is 1. The van der Waals surface area contributed by atoms with Crippen molar-refractivity contribution in [2.45, 2.75) is 6.18 Å². The first-order valence-electron chi connectivity index (χ1n) is 9.11. The number of amides is 1. The van der Waals surface area contributed by atoms with E-state index in [2.05, 4.69) is 10.4 Å². The number of hydrogen-bond donors (Lipinski definition) is 1. The number of rotatable bonds is 4. The van der Waals surface area contributed by atoms with Crippen molar-refractivity contribution in [3.05, 3.63) is 102 Å². The largest absolute Gasteiger partial charge is 0.416 e. The predicted octanol–water partition coefficient (Wildman–Crippen LogP) is 5.81. The standard InChI is InChI=1S/C23H16F3N3O/c24-23(25,26)17-11-13-18(14-12-17)27-22(30)20-15-29(19-9-5-2-6-10-19)28-21(20)16-7-3-1-4-8-16/h1-15H,(H,27,30). The number of carbonyl (C=O) groups is 1. The summed E-state index contributed by atoms with van der Waals surface area (Å²) in [6, 6.07) is 22.9. The van der Waals surface area contributed by atoms with Gasteiger partial charge in [-0.25, -0.2) is 4.68 Å². The summed E-state index contributed by atoms with van der Waals surface area (Å²) in [6.07, 6.45) is -2.82. The van der Waals surface area contributed by atoms with Crippen molar-refractivity contribution in [1.82, 2.24) is 9.78 Å². The van der Waals surface area contributed by atoms with Gasteiger partial charge < -0.3 is 5.32 Å². The van der Waals surface area contributed by atoms with Crippen molar-refractivity contribution in [2.75, 3.05) is 5.32 Å². The topological polar surface area (TPSA) is 46.9 Å². The van der Waals surface area contributed by atoms with E-state index >= 15 is 0 Å². The third-order valence-electron chi connectivity index (χ3n) is 4.50. The zero-order chi connectivity index (χ0) is 21.1. The molecule has 4 nitrogen and oxygen atoms in total. The van der Waals surface area contributed by atoms with E-state index in [0.717, 1.165) is 23.4 Å². The van der Waals surface area contributed by atoms with Gasteiger partial charge >= 0.3 is 6.18 Å². The molecule has 0 aliphatic rings. The number of halogens is 3. The monoisotopic (exact) mass is 407 g/mol. The van der Waals surface area contributed by atoms with Gasteiger partial charge in [0.15, 0.2) is 0 Å². The molecular weight excluding hydrogens is 391 g/mol. The zero-order valence-electron chi connectivity index (χ0n) is 15.6. The number of benzene rings is 3. The van der Waals surface area contributed by atoms with E-state index in [1.54, 1.807) is 10.9 Å². The summed E-state index contributed by atoms with van der Waals surface area (Å²) in [5, 5.41) is 7.22. The molecule has 0 fully saturated rings. The highest BCUT2D eigenvalue weighted by Gasteiger charge is 2.30. The molecule has 0 spiro atoms. The van der Waals surface area contributed by atoms with Gasteiger partial charge in [0.05, 0.1) is 16.8 Å². The molecule has 1 aromatic heterocycles. The van der Waals surface area contributed by atoms with Gasteiger partial charge in [0.25, 0.3) is 5.91 Å². The molecule has 1 N–H and O–H groups in total. The maximum atomic E-state index is 12.9. The summed E-state index contributed by atoms with van der Waals surface area (Å²) >= 11 is 0. The summed E-state index contributed by atoms with van der Waals surface area (Å²) in [4.78, 5) is 12.9. The minimum atomic E-state index is -4.43. The number of para-hydroxylation sites is 1. The Hall–Kier alpha value is -3.87. The first-order valence-corrected chi connectivity index (χ1v) is 9.11. The smallest absolute Gasteiger partial charge is 0.322 e. The average molecular weight is 407 g/mol. The quantitative estimate of drug-likeness (QED) is 0.464. The van der Waals surface area contributed by atoms with Crippen molar-refractivity contribution >= 4 is 11.6 Å². The molecule has 4 rings (SSSR count). The normalized spacial score (nSPS) is 11.3. The minimum Gasteiger partial charge on any atom is -0.322 e. The van der Waals surface area contributed by atoms with E-state index in [-0.39, 0.29) is 5.69 Å². The van der Waals surface area contributed by atoms with Crippen LogP contribution in [0, 0.1) is 0 Å². The second-order valence-electron chi connectivity index (χ2n) is 6.57. The van der Waals surface area contributed by atoms with Gasteiger partial charge in [0.1, 0.15) is 5.69 Å². The molecule has 0 atom stereocenters. The van der Waals surface area contributed by atoms with E-state index in [0.29, 0.717) is 11.3 Å². The van der Waals surface area contributed by atoms with Crippen LogP contribution in [0.3, 0.4) is 0 Å². The van der Waals surface area contributed by atoms with Gasteiger partial charge in [-0.15, -0.1) is 0 Å². The molecule has 0 radical (unpaired) electrons. The highest BCUT2D eigenvalue weighted by molar-refractivity contribution is 6.08. The Morgan fingerprint density at radius 1 is 0.833 bits per heavy atom. The lowest BCUT2D eigenvalue weighted by atomic mass is 10.1. The Balaban J connectivity index is 1.68. The molecule has 0 aliphatic heterocycles. The molecule has 3 aromatic carbocycles. The van der Waals surface area contributed by atoms with Crippen molar-refractivity contribution < 1.29 is 18.0 Å². The summed E-state index contributed by atoms with van der Waals surface area (Å²) in [5.74, 6) is -0.462. The van der Waals surface area contributed by atoms with Gasteiger partial charge in [-0.3, -0.25) is 4.79 Å². The van der Waals surface area contributed by atoms with Gasteiger partial charge in [-0.05, 0) is 36.4 Å². The van der Waals surface area contributed by atoms with Crippen LogP contribution in [0.5, 0.6) is 0 Å². The van der Waals surface area contributed by atoms with Gasteiger partial charge in [-0.1, -0.05) is 48.5 Å². The number of nitrogens with one attached hydrogen (secondary N) is 1. The molecule has 0 bridgehead atoms. The van der Waals surface area contributed by atoms with Gasteiger partial charge in [0.2, 0.25) is 0 Å². The molecule has 0 aliphatic carbocycles. The lowest BCUT2D eigenvalue weighted by Crippen LogP contribution is -2.13. The average Bonchev–Trinajstić information content (AvgIpc) is 3.20. The lowest BCUT2D eigenvalue weighted by Gasteiger charge is -2.09. The molecule has 0 unspecified atom stereocenters. The van der Waals surface area contributed by atoms with Crippen LogP contribution in [0.4, 0.5) is 18.9 Å². The van der Waals surface area contributed by atoms with Crippen LogP contribution in [0.15, 0.2) is 91.1 Å². The highest BCUT2D eigenvalue weighted by atomic mass is 19.4. The fraction of sp³-hybridized carbons (Fsp3) is 0.0435. The number of alkyl halides is 3. The predicted molar refractivity (Wildman–Crippen MR) is 108 cm³/mol. The van der Waals surface area contributed by atoms with E-state index in [1.807, 2.05) is 60.7 Å². The summed E-state index contributed by atoms with van der Waals surface area (Å²) in [7, 11) is 0. The van der Waals surface area contributed by atoms with Gasteiger partial charge in [0, 0.05) is 17.4 Å². The second-order valence-corrected chi connectivity index (χ2v) is 6.57. The Labute approximate surface area is 170 Å². The van der Waals surface area contributed by atoms with E-state index < -0.39 is 17.6 Å². The Morgan fingerprint density at radius 3 is 2.03 bits per heavy atom. The Bertz CT molecular complexity index is 1150. The first kappa shape index (κ1) is 19.4. The molecule has 4 aromatic rings. The molecule has 150 valence electrons. The molecule has 30 heavy (non-hydrogen) atoms. The van der Waals surface area contributed by atoms with Gasteiger partial charge in [-0.2, -0.15) is 18.3 Å². The third kappa shape index (κ3) is 4.10. The maximum absolute atomic E-state index is 12.9. The SMILES string of the molecule is O=C(Nc1ccc(C(F)(F)F)cc1)c1cn(-c2ccccc2)nc1-c1ccccc1. The number of anilines is 1. The molecule has 0 saturated carbocycles. The Morgan fingerprint density at radius 2 is 1.43 bits per heavy atom. The van der Waals surface area contributed by atoms with Crippen molar-refractivity contribution in [3.8, 4) is 16.9 Å². The fourth-order valence-corrected chi connectivity index (χ4v) is 3.00. The van der Waals surface area contributed by atoms with Crippen molar-refractivity contribution in [1.29, 1.82) is 0 Å². The summed E-state index contributed by atoms with van der Waals surface area (Å²) in [5.41, 5.74) is 1.81. The maximum Gasteiger partial charge on any atom is 0.416 e.